The smallest absolute Gasteiger partial charge is 0.213 e. The van der Waals surface area contributed by atoms with Crippen molar-refractivity contribution in [2.45, 2.75) is 0 Å². The van der Waals surface area contributed by atoms with Crippen LogP contribution in [0.4, 0.5) is 0 Å². The molecule has 0 saturated carbocycles. The lowest BCUT2D eigenvalue weighted by molar-refractivity contribution is 0.645. The van der Waals surface area contributed by atoms with E-state index in [-0.39, 0.29) is 0 Å². The molecule has 6 aromatic carbocycles. The first-order chi connectivity index (χ1) is 21.8. The molecule has 4 aromatic heterocycles. The van der Waals surface area contributed by atoms with Crippen molar-refractivity contribution in [2.24, 2.45) is 0 Å². The average molecular weight is 581 g/mol. The number of fused-ring (bicyclic) bond motifs is 10. The highest BCUT2D eigenvalue weighted by Crippen LogP contribution is 2.44. The van der Waals surface area contributed by atoms with Gasteiger partial charge in [-0.2, -0.15) is 0 Å². The molecule has 10 aromatic rings. The highest BCUT2D eigenvalue weighted by molar-refractivity contribution is 7.25. The third-order valence-electron chi connectivity index (χ3n) is 8.94. The fourth-order valence-electron chi connectivity index (χ4n) is 7.01. The summed E-state index contributed by atoms with van der Waals surface area (Å²) in [5, 5.41) is 7.40. The second-order valence-electron chi connectivity index (χ2n) is 11.4. The molecule has 0 radical (unpaired) electrons. The average Bonchev–Trinajstić information content (AvgIpc) is 3.81. The zero-order valence-electron chi connectivity index (χ0n) is 23.6. The molecule has 0 fully saturated rings. The van der Waals surface area contributed by atoms with E-state index in [9.17, 15) is 0 Å². The molecular weight excluding hydrogens is 557 g/mol. The van der Waals surface area contributed by atoms with Crippen LogP contribution < -0.4 is 0 Å². The van der Waals surface area contributed by atoms with Gasteiger partial charge in [0.25, 0.3) is 0 Å². The Hall–Kier alpha value is -5.58. The van der Waals surface area contributed by atoms with Gasteiger partial charge in [0, 0.05) is 43.0 Å². The van der Waals surface area contributed by atoms with Gasteiger partial charge in [0.15, 0.2) is 0 Å². The first-order valence-electron chi connectivity index (χ1n) is 14.9. The minimum absolute atomic E-state index is 0.881. The van der Waals surface area contributed by atoms with E-state index in [2.05, 4.69) is 149 Å². The van der Waals surface area contributed by atoms with Gasteiger partial charge in [-0.1, -0.05) is 84.9 Å². The van der Waals surface area contributed by atoms with Gasteiger partial charge in [-0.3, -0.25) is 4.57 Å². The van der Waals surface area contributed by atoms with Gasteiger partial charge in [0.2, 0.25) is 5.71 Å². The molecule has 4 heterocycles. The van der Waals surface area contributed by atoms with Crippen LogP contribution >= 0.6 is 11.3 Å². The van der Waals surface area contributed by atoms with Crippen LogP contribution in [-0.4, -0.2) is 9.13 Å². The monoisotopic (exact) mass is 580 g/mol. The number of hydrogen-bond acceptors (Lipinski definition) is 2. The summed E-state index contributed by atoms with van der Waals surface area (Å²) in [4.78, 5) is 1.28. The largest absolute Gasteiger partial charge is 0.439 e. The minimum Gasteiger partial charge on any atom is -0.439 e. The maximum atomic E-state index is 6.51. The maximum Gasteiger partial charge on any atom is 0.213 e. The Balaban J connectivity index is 1.26. The zero-order chi connectivity index (χ0) is 28.8. The summed E-state index contributed by atoms with van der Waals surface area (Å²) in [6, 6.07) is 52.1. The number of furan rings is 1. The summed E-state index contributed by atoms with van der Waals surface area (Å²) in [6.07, 6.45) is 0. The number of rotatable bonds is 3. The van der Waals surface area contributed by atoms with Crippen LogP contribution in [0.25, 0.3) is 86.7 Å². The summed E-state index contributed by atoms with van der Waals surface area (Å²) >= 11 is 1.87. The molecule has 4 heteroatoms. The zero-order valence-corrected chi connectivity index (χ0v) is 24.4. The molecule has 44 heavy (non-hydrogen) atoms. The van der Waals surface area contributed by atoms with Crippen LogP contribution in [0, 0.1) is 0 Å². The number of thiophene rings is 1. The van der Waals surface area contributed by atoms with Crippen molar-refractivity contribution < 1.29 is 4.42 Å². The Bertz CT molecular complexity index is 2520. The summed E-state index contributed by atoms with van der Waals surface area (Å²) < 4.78 is 12.5. The molecular formula is C40H24N2OS. The van der Waals surface area contributed by atoms with E-state index in [1.807, 2.05) is 17.4 Å². The van der Waals surface area contributed by atoms with Crippen LogP contribution in [0.5, 0.6) is 0 Å². The van der Waals surface area contributed by atoms with Gasteiger partial charge in [-0.05, 0) is 71.8 Å². The summed E-state index contributed by atoms with van der Waals surface area (Å²) in [5.41, 5.74) is 8.83. The van der Waals surface area contributed by atoms with E-state index in [1.54, 1.807) is 0 Å². The number of nitrogens with zero attached hydrogens (tertiary/aromatic N) is 2. The van der Waals surface area contributed by atoms with Crippen molar-refractivity contribution in [1.29, 1.82) is 0 Å². The van der Waals surface area contributed by atoms with Crippen LogP contribution in [-0.2, 0) is 0 Å². The highest BCUT2D eigenvalue weighted by Gasteiger charge is 2.21. The highest BCUT2D eigenvalue weighted by atomic mass is 32.1. The van der Waals surface area contributed by atoms with E-state index in [1.165, 1.54) is 53.4 Å². The predicted octanol–water partition coefficient (Wildman–Crippen LogP) is 11.5. The SMILES string of the molecule is c1ccc(-n2c3ccc(-c4ccc5c(c4)c4c6ccccc6sc4n5-c4ccccc4)cc3c3c4ccccc4oc32)cc1. The number of para-hydroxylation sites is 3. The van der Waals surface area contributed by atoms with Gasteiger partial charge < -0.3 is 8.98 Å². The molecule has 0 spiro atoms. The van der Waals surface area contributed by atoms with Crippen LogP contribution in [0.3, 0.4) is 0 Å². The Morgan fingerprint density at radius 2 is 1.02 bits per heavy atom. The Kier molecular flexibility index (Phi) is 4.87. The van der Waals surface area contributed by atoms with E-state index in [0.717, 1.165) is 33.3 Å². The first-order valence-corrected chi connectivity index (χ1v) is 15.7. The van der Waals surface area contributed by atoms with Crippen molar-refractivity contribution in [1.82, 2.24) is 9.13 Å². The maximum absolute atomic E-state index is 6.51. The molecule has 206 valence electrons. The number of benzene rings is 6. The third kappa shape index (κ3) is 3.26. The van der Waals surface area contributed by atoms with Crippen molar-refractivity contribution in [3.05, 3.63) is 146 Å². The lowest BCUT2D eigenvalue weighted by Gasteiger charge is -2.09. The van der Waals surface area contributed by atoms with Gasteiger partial charge in [-0.15, -0.1) is 11.3 Å². The molecule has 0 bridgehead atoms. The minimum atomic E-state index is 0.881. The quantitative estimate of drug-likeness (QED) is 0.204. The van der Waals surface area contributed by atoms with Crippen molar-refractivity contribution in [3.8, 4) is 22.5 Å². The molecule has 0 saturated heterocycles. The van der Waals surface area contributed by atoms with Crippen LogP contribution in [0.2, 0.25) is 0 Å². The van der Waals surface area contributed by atoms with E-state index in [4.69, 9.17) is 4.42 Å². The molecule has 0 aliphatic rings. The number of hydrogen-bond donors (Lipinski definition) is 0. The molecule has 3 nitrogen and oxygen atoms in total. The molecule has 0 unspecified atom stereocenters. The van der Waals surface area contributed by atoms with Crippen molar-refractivity contribution in [2.75, 3.05) is 0 Å². The van der Waals surface area contributed by atoms with Crippen molar-refractivity contribution in [3.63, 3.8) is 0 Å². The molecule has 0 aliphatic heterocycles. The Labute approximate surface area is 256 Å². The molecule has 0 N–H and O–H groups in total. The fraction of sp³-hybridized carbons (Fsp3) is 0. The molecule has 0 aliphatic carbocycles. The molecule has 0 atom stereocenters. The summed E-state index contributed by atoms with van der Waals surface area (Å²) in [6.45, 7) is 0. The summed E-state index contributed by atoms with van der Waals surface area (Å²) in [7, 11) is 0. The second kappa shape index (κ2) is 8.96. The standard InChI is InChI=1S/C40H24N2OS/c1-3-11-27(12-4-1)41-33-21-19-25(23-31(33)37-29-15-7-9-17-35(29)43-39(37)41)26-20-22-34-32(24-26)38-30-16-8-10-18-36(30)44-40(38)42(34)28-13-5-2-6-14-28/h1-24H. The lowest BCUT2D eigenvalue weighted by atomic mass is 10.00. The topological polar surface area (TPSA) is 23.0 Å². The molecule has 0 amide bonds. The van der Waals surface area contributed by atoms with Crippen LogP contribution in [0.1, 0.15) is 0 Å². The van der Waals surface area contributed by atoms with Crippen molar-refractivity contribution >= 4 is 75.5 Å². The van der Waals surface area contributed by atoms with Gasteiger partial charge in [0.05, 0.1) is 16.4 Å². The Morgan fingerprint density at radius 3 is 1.75 bits per heavy atom. The van der Waals surface area contributed by atoms with E-state index < -0.39 is 0 Å². The van der Waals surface area contributed by atoms with Crippen LogP contribution in [0.15, 0.2) is 150 Å². The third-order valence-corrected chi connectivity index (χ3v) is 10.1. The van der Waals surface area contributed by atoms with Gasteiger partial charge >= 0.3 is 0 Å². The Morgan fingerprint density at radius 1 is 0.455 bits per heavy atom. The number of aromatic nitrogens is 2. The fourth-order valence-corrected chi connectivity index (χ4v) is 8.26. The van der Waals surface area contributed by atoms with E-state index in [0.29, 0.717) is 0 Å². The normalized spacial score (nSPS) is 12.1. The molecule has 10 rings (SSSR count). The second-order valence-corrected chi connectivity index (χ2v) is 12.4. The van der Waals surface area contributed by atoms with E-state index >= 15 is 0 Å². The summed E-state index contributed by atoms with van der Waals surface area (Å²) in [5.74, 6) is 0. The van der Waals surface area contributed by atoms with Gasteiger partial charge in [-0.25, -0.2) is 0 Å². The van der Waals surface area contributed by atoms with Gasteiger partial charge in [0.1, 0.15) is 10.4 Å². The lowest BCUT2D eigenvalue weighted by Crippen LogP contribution is -1.92. The first kappa shape index (κ1) is 23.9. The predicted molar refractivity (Wildman–Crippen MR) is 186 cm³/mol.